The summed E-state index contributed by atoms with van der Waals surface area (Å²) in [5.41, 5.74) is 0.0539. The molecule has 0 fully saturated rings. The van der Waals surface area contributed by atoms with Crippen LogP contribution in [0.25, 0.3) is 0 Å². The molecule has 146 valence electrons. The van der Waals surface area contributed by atoms with Gasteiger partial charge in [-0.15, -0.1) is 0 Å². The molecular formula is C18H14Cl2N2O5S. The zero-order valence-corrected chi connectivity index (χ0v) is 16.5. The van der Waals surface area contributed by atoms with Crippen LogP contribution in [-0.4, -0.2) is 19.5 Å². The van der Waals surface area contributed by atoms with Crippen LogP contribution in [-0.2, 0) is 16.6 Å². The van der Waals surface area contributed by atoms with Gasteiger partial charge in [-0.3, -0.25) is 4.72 Å². The Kier molecular flexibility index (Phi) is 5.83. The molecule has 7 nitrogen and oxygen atoms in total. The van der Waals surface area contributed by atoms with E-state index in [0.29, 0.717) is 5.76 Å². The van der Waals surface area contributed by atoms with Gasteiger partial charge < -0.3 is 14.8 Å². The third kappa shape index (κ3) is 4.41. The molecule has 3 N–H and O–H groups in total. The summed E-state index contributed by atoms with van der Waals surface area (Å²) in [5.74, 6) is -0.739. The van der Waals surface area contributed by atoms with Crippen LogP contribution < -0.4 is 10.0 Å². The van der Waals surface area contributed by atoms with Gasteiger partial charge >= 0.3 is 5.97 Å². The summed E-state index contributed by atoms with van der Waals surface area (Å²) in [7, 11) is -4.17. The first-order valence-corrected chi connectivity index (χ1v) is 10.1. The van der Waals surface area contributed by atoms with Gasteiger partial charge in [-0.2, -0.15) is 0 Å². The molecule has 0 spiro atoms. The molecule has 0 aliphatic carbocycles. The van der Waals surface area contributed by atoms with Crippen molar-refractivity contribution in [2.75, 3.05) is 10.0 Å². The van der Waals surface area contributed by atoms with Crippen LogP contribution in [0.3, 0.4) is 0 Å². The van der Waals surface area contributed by atoms with Crippen molar-refractivity contribution in [3.63, 3.8) is 0 Å². The van der Waals surface area contributed by atoms with Crippen molar-refractivity contribution in [3.05, 3.63) is 76.2 Å². The van der Waals surface area contributed by atoms with Gasteiger partial charge in [0.05, 0.1) is 39.8 Å². The first-order valence-electron chi connectivity index (χ1n) is 7.88. The number of furan rings is 1. The van der Waals surface area contributed by atoms with Gasteiger partial charge in [0.1, 0.15) is 10.7 Å². The lowest BCUT2D eigenvalue weighted by molar-refractivity contribution is 0.0697. The molecule has 0 aliphatic rings. The Labute approximate surface area is 170 Å². The fraction of sp³-hybridized carbons (Fsp3) is 0.0556. The third-order valence-corrected chi connectivity index (χ3v) is 5.90. The van der Waals surface area contributed by atoms with E-state index in [4.69, 9.17) is 27.6 Å². The van der Waals surface area contributed by atoms with E-state index in [2.05, 4.69) is 10.0 Å². The highest BCUT2D eigenvalue weighted by atomic mass is 35.5. The molecule has 0 atom stereocenters. The number of aromatic carboxylic acids is 1. The van der Waals surface area contributed by atoms with Gasteiger partial charge in [-0.25, -0.2) is 13.2 Å². The zero-order chi connectivity index (χ0) is 20.3. The summed E-state index contributed by atoms with van der Waals surface area (Å²) in [6.45, 7) is 0.202. The van der Waals surface area contributed by atoms with Crippen molar-refractivity contribution in [3.8, 4) is 0 Å². The van der Waals surface area contributed by atoms with Crippen molar-refractivity contribution >= 4 is 50.6 Å². The van der Waals surface area contributed by atoms with Crippen molar-refractivity contribution in [1.29, 1.82) is 0 Å². The Bertz CT molecular complexity index is 1120. The third-order valence-electron chi connectivity index (χ3n) is 3.74. The van der Waals surface area contributed by atoms with E-state index in [1.165, 1.54) is 24.5 Å². The molecule has 3 aromatic rings. The van der Waals surface area contributed by atoms with E-state index in [1.807, 2.05) is 0 Å². The highest BCUT2D eigenvalue weighted by molar-refractivity contribution is 7.92. The van der Waals surface area contributed by atoms with Crippen molar-refractivity contribution < 1.29 is 22.7 Å². The van der Waals surface area contributed by atoms with Crippen LogP contribution in [0.4, 0.5) is 11.4 Å². The molecule has 0 saturated carbocycles. The quantitative estimate of drug-likeness (QED) is 0.491. The van der Waals surface area contributed by atoms with E-state index in [9.17, 15) is 18.3 Å². The minimum Gasteiger partial charge on any atom is -0.478 e. The molecule has 0 saturated heterocycles. The van der Waals surface area contributed by atoms with Crippen molar-refractivity contribution in [2.24, 2.45) is 0 Å². The fourth-order valence-electron chi connectivity index (χ4n) is 2.42. The Morgan fingerprint density at radius 2 is 1.79 bits per heavy atom. The lowest BCUT2D eigenvalue weighted by Crippen LogP contribution is -2.16. The highest BCUT2D eigenvalue weighted by Gasteiger charge is 2.24. The van der Waals surface area contributed by atoms with Crippen LogP contribution in [0.5, 0.6) is 0 Å². The van der Waals surface area contributed by atoms with Gasteiger partial charge in [0.25, 0.3) is 10.0 Å². The maximum Gasteiger partial charge on any atom is 0.337 e. The molecular weight excluding hydrogens is 427 g/mol. The second-order valence-corrected chi connectivity index (χ2v) is 8.12. The van der Waals surface area contributed by atoms with Crippen LogP contribution in [0.15, 0.2) is 64.1 Å². The Morgan fingerprint density at radius 3 is 2.43 bits per heavy atom. The summed E-state index contributed by atoms with van der Waals surface area (Å²) in [5, 5.41) is 12.4. The largest absolute Gasteiger partial charge is 0.478 e. The number of anilines is 2. The van der Waals surface area contributed by atoms with E-state index in [-0.39, 0.29) is 38.4 Å². The summed E-state index contributed by atoms with van der Waals surface area (Å²) in [4.78, 5) is 11.3. The monoisotopic (exact) mass is 440 g/mol. The SMILES string of the molecule is O=C(O)c1cc(S(=O)(=O)Nc2ccccc2Cl)c(Cl)cc1NCc1ccco1. The van der Waals surface area contributed by atoms with Crippen LogP contribution in [0.2, 0.25) is 10.0 Å². The van der Waals surface area contributed by atoms with E-state index < -0.39 is 16.0 Å². The summed E-state index contributed by atoms with van der Waals surface area (Å²) >= 11 is 12.1. The Morgan fingerprint density at radius 1 is 1.04 bits per heavy atom. The molecule has 0 unspecified atom stereocenters. The summed E-state index contributed by atoms with van der Waals surface area (Å²) in [6.07, 6.45) is 1.48. The average molecular weight is 441 g/mol. The highest BCUT2D eigenvalue weighted by Crippen LogP contribution is 2.32. The molecule has 0 amide bonds. The number of hydrogen-bond acceptors (Lipinski definition) is 5. The number of carboxylic acid groups (broad SMARTS) is 1. The Hall–Kier alpha value is -2.68. The maximum absolute atomic E-state index is 12.7. The number of nitrogens with one attached hydrogen (secondary N) is 2. The number of sulfonamides is 1. The average Bonchev–Trinajstić information content (AvgIpc) is 3.15. The molecule has 0 radical (unpaired) electrons. The predicted octanol–water partition coefficient (Wildman–Crippen LogP) is 4.70. The predicted molar refractivity (Wildman–Crippen MR) is 107 cm³/mol. The first kappa shape index (κ1) is 20.1. The molecule has 1 aromatic heterocycles. The minimum atomic E-state index is -4.17. The first-order chi connectivity index (χ1) is 13.3. The van der Waals surface area contributed by atoms with Crippen LogP contribution in [0.1, 0.15) is 16.1 Å². The van der Waals surface area contributed by atoms with Gasteiger partial charge in [-0.05, 0) is 36.4 Å². The van der Waals surface area contributed by atoms with Gasteiger partial charge in [0, 0.05) is 0 Å². The van der Waals surface area contributed by atoms with Gasteiger partial charge in [-0.1, -0.05) is 35.3 Å². The normalized spacial score (nSPS) is 11.2. The van der Waals surface area contributed by atoms with Gasteiger partial charge in [0.2, 0.25) is 0 Å². The molecule has 10 heteroatoms. The standard InChI is InChI=1S/C18H14Cl2N2O5S/c19-13-5-1-2-6-15(13)22-28(25,26)17-8-12(18(23)24)16(9-14(17)20)21-10-11-4-3-7-27-11/h1-9,21-22H,10H2,(H,23,24). The number of rotatable bonds is 7. The van der Waals surface area contributed by atoms with Crippen LogP contribution >= 0.6 is 23.2 Å². The van der Waals surface area contributed by atoms with Crippen molar-refractivity contribution in [1.82, 2.24) is 0 Å². The number of halogens is 2. The number of carboxylic acids is 1. The zero-order valence-electron chi connectivity index (χ0n) is 14.1. The minimum absolute atomic E-state index is 0.147. The van der Waals surface area contributed by atoms with Crippen molar-refractivity contribution in [2.45, 2.75) is 11.4 Å². The maximum atomic E-state index is 12.7. The number of carbonyl (C=O) groups is 1. The lowest BCUT2D eigenvalue weighted by atomic mass is 10.1. The topological polar surface area (TPSA) is 109 Å². The second-order valence-electron chi connectivity index (χ2n) is 5.65. The molecule has 2 aromatic carbocycles. The Balaban J connectivity index is 1.96. The van der Waals surface area contributed by atoms with Crippen LogP contribution in [0, 0.1) is 0 Å². The molecule has 0 aliphatic heterocycles. The smallest absolute Gasteiger partial charge is 0.337 e. The molecule has 0 bridgehead atoms. The summed E-state index contributed by atoms with van der Waals surface area (Å²) in [6, 6.07) is 11.9. The van der Waals surface area contributed by atoms with E-state index in [1.54, 1.807) is 24.3 Å². The lowest BCUT2D eigenvalue weighted by Gasteiger charge is -2.14. The van der Waals surface area contributed by atoms with E-state index in [0.717, 1.165) is 6.07 Å². The molecule has 1 heterocycles. The second kappa shape index (κ2) is 8.14. The molecule has 3 rings (SSSR count). The number of benzene rings is 2. The number of hydrogen-bond donors (Lipinski definition) is 3. The fourth-order valence-corrected chi connectivity index (χ4v) is 4.30. The van der Waals surface area contributed by atoms with Gasteiger partial charge in [0.15, 0.2) is 0 Å². The van der Waals surface area contributed by atoms with E-state index >= 15 is 0 Å². The molecule has 28 heavy (non-hydrogen) atoms. The summed E-state index contributed by atoms with van der Waals surface area (Å²) < 4.78 is 32.9. The number of para-hydroxylation sites is 1.